The Balaban J connectivity index is 1.40. The van der Waals surface area contributed by atoms with Crippen molar-refractivity contribution in [2.24, 2.45) is 17.6 Å². The number of nitrogens with two attached hydrogens (primary N) is 1. The quantitative estimate of drug-likeness (QED) is 0.144. The number of carbonyl (C=O) groups is 6. The zero-order valence-electron chi connectivity index (χ0n) is 29.8. The van der Waals surface area contributed by atoms with Crippen molar-refractivity contribution >= 4 is 68.0 Å². The average molecular weight is 779 g/mol. The lowest BCUT2D eigenvalue weighted by atomic mass is 9.93. The molecule has 3 atom stereocenters. The summed E-state index contributed by atoms with van der Waals surface area (Å²) in [6.07, 6.45) is 1.08. The van der Waals surface area contributed by atoms with E-state index in [1.807, 2.05) is 4.72 Å². The molecule has 5 rings (SSSR count). The highest BCUT2D eigenvalue weighted by atomic mass is 35.5. The van der Waals surface area contributed by atoms with Crippen LogP contribution in [0.2, 0.25) is 5.02 Å². The van der Waals surface area contributed by atoms with Crippen LogP contribution in [0.4, 0.5) is 0 Å². The second kappa shape index (κ2) is 16.3. The van der Waals surface area contributed by atoms with Crippen LogP contribution in [0.1, 0.15) is 82.3 Å². The predicted molar refractivity (Wildman–Crippen MR) is 197 cm³/mol. The second-order valence-corrected chi connectivity index (χ2v) is 15.6. The van der Waals surface area contributed by atoms with Gasteiger partial charge in [0.2, 0.25) is 17.6 Å². The molecular weight excluding hydrogens is 740 g/mol. The van der Waals surface area contributed by atoms with Gasteiger partial charge in [-0.2, -0.15) is 0 Å². The first-order chi connectivity index (χ1) is 25.5. The van der Waals surface area contributed by atoms with E-state index >= 15 is 0 Å². The number of Topliss-reactive ketones (excluding diaryl/α,β-unsaturated/α-hetero) is 1. The van der Waals surface area contributed by atoms with Gasteiger partial charge in [-0.15, -0.1) is 0 Å². The van der Waals surface area contributed by atoms with Gasteiger partial charge in [-0.3, -0.25) is 33.7 Å². The third-order valence-corrected chi connectivity index (χ3v) is 10.5. The summed E-state index contributed by atoms with van der Waals surface area (Å²) in [5, 5.41) is 6.07. The first kappa shape index (κ1) is 39.8. The molecule has 1 unspecified atom stereocenters. The predicted octanol–water partition coefficient (Wildman–Crippen LogP) is 3.47. The molecule has 0 aliphatic carbocycles. The molecule has 3 aromatic carbocycles. The monoisotopic (exact) mass is 778 g/mol. The molecule has 5 amide bonds. The number of rotatable bonds is 13. The number of hydrogen-bond acceptors (Lipinski definition) is 11. The highest BCUT2D eigenvalue weighted by Gasteiger charge is 2.45. The third kappa shape index (κ3) is 8.67. The molecule has 1 saturated heterocycles. The van der Waals surface area contributed by atoms with Crippen molar-refractivity contribution in [3.63, 3.8) is 0 Å². The average Bonchev–Trinajstić information content (AvgIpc) is 3.82. The van der Waals surface area contributed by atoms with E-state index in [9.17, 15) is 37.2 Å². The van der Waals surface area contributed by atoms with Crippen molar-refractivity contribution in [3.8, 4) is 0 Å². The maximum atomic E-state index is 14.5. The number of halogens is 1. The van der Waals surface area contributed by atoms with Gasteiger partial charge in [-0.05, 0) is 98.0 Å². The van der Waals surface area contributed by atoms with Crippen molar-refractivity contribution in [1.29, 1.82) is 0 Å². The number of amides is 5. The lowest BCUT2D eigenvalue weighted by Gasteiger charge is -2.36. The van der Waals surface area contributed by atoms with E-state index < -0.39 is 75.3 Å². The first-order valence-corrected chi connectivity index (χ1v) is 18.9. The standard InChI is InChI=1S/C37H39ClN6O9S/c1-19(2)29(42-33(47)21-7-9-22(10-8-21)34(48)43-54(51,52)25-14-12-24(38)13-15-25)37(50)44(36(49)26-6-5-17-40-26)30(20(3)4)31(45)35-41-27-18-23(32(39)46)11-16-28(27)53-35/h7-16,18-20,26,29-30,40H,5-6,17H2,1-4H3,(H2,39,46)(H,42,47)(H,43,48)/t26-,29-,30?/m0/s1. The number of carbonyl (C=O) groups excluding carboxylic acids is 6. The van der Waals surface area contributed by atoms with Crippen molar-refractivity contribution in [2.75, 3.05) is 6.54 Å². The topological polar surface area (TPSA) is 228 Å². The largest absolute Gasteiger partial charge is 0.434 e. The Bertz CT molecular complexity index is 2210. The van der Waals surface area contributed by atoms with Gasteiger partial charge in [-0.1, -0.05) is 39.3 Å². The molecule has 4 aromatic rings. The van der Waals surface area contributed by atoms with Gasteiger partial charge in [0.1, 0.15) is 17.6 Å². The summed E-state index contributed by atoms with van der Waals surface area (Å²) in [6, 6.07) is 11.0. The number of primary amides is 1. The number of ketones is 1. The zero-order chi connectivity index (χ0) is 39.5. The molecule has 5 N–H and O–H groups in total. The number of imide groups is 1. The molecule has 1 fully saturated rings. The van der Waals surface area contributed by atoms with Gasteiger partial charge in [0.15, 0.2) is 5.58 Å². The zero-order valence-corrected chi connectivity index (χ0v) is 31.4. The molecule has 1 aliphatic rings. The Morgan fingerprint density at radius 3 is 2.06 bits per heavy atom. The van der Waals surface area contributed by atoms with Crippen LogP contribution < -0.4 is 21.1 Å². The SMILES string of the molecule is CC(C)C(C(=O)c1nc2cc(C(N)=O)ccc2o1)N(C(=O)[C@@H]1CCCN1)C(=O)[C@@H](NC(=O)c1ccc(C(=O)NS(=O)(=O)c2ccc(Cl)cc2)cc1)C(C)C. The fourth-order valence-corrected chi connectivity index (χ4v) is 7.09. The first-order valence-electron chi connectivity index (χ1n) is 17.1. The van der Waals surface area contributed by atoms with Crippen LogP contribution in [-0.4, -0.2) is 78.3 Å². The Kier molecular flexibility index (Phi) is 12.0. The van der Waals surface area contributed by atoms with Gasteiger partial charge < -0.3 is 20.8 Å². The number of oxazole rings is 1. The van der Waals surface area contributed by atoms with Gasteiger partial charge >= 0.3 is 0 Å². The van der Waals surface area contributed by atoms with Crippen molar-refractivity contribution in [3.05, 3.63) is 94.3 Å². The Morgan fingerprint density at radius 2 is 1.50 bits per heavy atom. The molecule has 284 valence electrons. The van der Waals surface area contributed by atoms with Gasteiger partial charge in [0.05, 0.1) is 10.9 Å². The summed E-state index contributed by atoms with van der Waals surface area (Å²) in [5.41, 5.74) is 5.86. The molecule has 1 aliphatic heterocycles. The second-order valence-electron chi connectivity index (χ2n) is 13.5. The minimum atomic E-state index is -4.22. The molecule has 1 aromatic heterocycles. The highest BCUT2D eigenvalue weighted by molar-refractivity contribution is 7.90. The Hall–Kier alpha value is -5.45. The third-order valence-electron chi connectivity index (χ3n) is 8.87. The summed E-state index contributed by atoms with van der Waals surface area (Å²) < 4.78 is 33.0. The number of fused-ring (bicyclic) bond motifs is 1. The van der Waals surface area contributed by atoms with E-state index in [1.54, 1.807) is 27.7 Å². The van der Waals surface area contributed by atoms with E-state index in [2.05, 4.69) is 15.6 Å². The van der Waals surface area contributed by atoms with Gasteiger partial charge in [0, 0.05) is 21.7 Å². The summed E-state index contributed by atoms with van der Waals surface area (Å²) in [7, 11) is -4.22. The normalized spacial score (nSPS) is 15.5. The maximum absolute atomic E-state index is 14.5. The lowest BCUT2D eigenvalue weighted by molar-refractivity contribution is -0.150. The molecular formula is C37H39ClN6O9S. The molecule has 0 saturated carbocycles. The Labute approximate surface area is 316 Å². The summed E-state index contributed by atoms with van der Waals surface area (Å²) in [6.45, 7) is 7.17. The number of nitrogens with zero attached hydrogens (tertiary/aromatic N) is 2. The minimum absolute atomic E-state index is 0.0270. The van der Waals surface area contributed by atoms with E-state index in [4.69, 9.17) is 21.8 Å². The molecule has 0 spiro atoms. The van der Waals surface area contributed by atoms with E-state index in [1.165, 1.54) is 66.7 Å². The van der Waals surface area contributed by atoms with Crippen LogP contribution in [0.15, 0.2) is 76.0 Å². The number of hydrogen-bond donors (Lipinski definition) is 4. The highest BCUT2D eigenvalue weighted by Crippen LogP contribution is 2.25. The minimum Gasteiger partial charge on any atom is -0.434 e. The molecule has 0 radical (unpaired) electrons. The van der Waals surface area contributed by atoms with E-state index in [0.29, 0.717) is 24.4 Å². The molecule has 17 heteroatoms. The van der Waals surface area contributed by atoms with E-state index in [-0.39, 0.29) is 38.6 Å². The molecule has 15 nitrogen and oxygen atoms in total. The smallest absolute Gasteiger partial charge is 0.266 e. The maximum Gasteiger partial charge on any atom is 0.266 e. The number of sulfonamides is 1. The summed E-state index contributed by atoms with van der Waals surface area (Å²) >= 11 is 5.83. The fourth-order valence-electron chi connectivity index (χ4n) is 5.99. The van der Waals surface area contributed by atoms with Crippen molar-refractivity contribution in [1.82, 2.24) is 25.2 Å². The number of benzene rings is 3. The molecule has 2 heterocycles. The van der Waals surface area contributed by atoms with Gasteiger partial charge in [-0.25, -0.2) is 18.1 Å². The summed E-state index contributed by atoms with van der Waals surface area (Å²) in [4.78, 5) is 85.9. The number of aromatic nitrogens is 1. The molecule has 54 heavy (non-hydrogen) atoms. The van der Waals surface area contributed by atoms with Crippen LogP contribution in [0.3, 0.4) is 0 Å². The van der Waals surface area contributed by atoms with Crippen LogP contribution in [0.5, 0.6) is 0 Å². The lowest BCUT2D eigenvalue weighted by Crippen LogP contribution is -2.61. The molecule has 0 bridgehead atoms. The van der Waals surface area contributed by atoms with E-state index in [0.717, 1.165) is 4.90 Å². The Morgan fingerprint density at radius 1 is 0.889 bits per heavy atom. The van der Waals surface area contributed by atoms with Crippen LogP contribution in [-0.2, 0) is 19.6 Å². The fraction of sp³-hybridized carbons (Fsp3) is 0.324. The van der Waals surface area contributed by atoms with Crippen molar-refractivity contribution in [2.45, 2.75) is 63.6 Å². The number of nitrogens with one attached hydrogen (secondary N) is 3. The van der Waals surface area contributed by atoms with Crippen LogP contribution >= 0.6 is 11.6 Å². The summed E-state index contributed by atoms with van der Waals surface area (Å²) in [5.74, 6) is -6.22. The van der Waals surface area contributed by atoms with Crippen LogP contribution in [0.25, 0.3) is 11.1 Å². The van der Waals surface area contributed by atoms with Crippen LogP contribution in [0, 0.1) is 11.8 Å². The van der Waals surface area contributed by atoms with Gasteiger partial charge in [0.25, 0.3) is 33.6 Å². The van der Waals surface area contributed by atoms with Crippen molar-refractivity contribution < 1.29 is 41.6 Å².